The van der Waals surface area contributed by atoms with Crippen LogP contribution in [0.3, 0.4) is 0 Å². The molecule has 0 saturated heterocycles. The standard InChI is InChI=1S/C23H20ClFN2O3S/c1-14(22(28)26-17-8-11-21(25)20(24)13-17)31-19-5-3-4-16(12-19)27-23(29)15-6-9-18(30-2)10-7-15/h3-14H,1-2H3,(H,26,28)(H,27,29). The van der Waals surface area contributed by atoms with E-state index >= 15 is 0 Å². The number of thioether (sulfide) groups is 1. The van der Waals surface area contributed by atoms with Gasteiger partial charge in [-0.15, -0.1) is 11.8 Å². The lowest BCUT2D eigenvalue weighted by molar-refractivity contribution is -0.115. The van der Waals surface area contributed by atoms with Gasteiger partial charge in [-0.1, -0.05) is 17.7 Å². The minimum Gasteiger partial charge on any atom is -0.497 e. The van der Waals surface area contributed by atoms with Crippen molar-refractivity contribution in [2.24, 2.45) is 0 Å². The van der Waals surface area contributed by atoms with E-state index in [9.17, 15) is 14.0 Å². The maximum atomic E-state index is 13.3. The minimum atomic E-state index is -0.546. The quantitative estimate of drug-likeness (QED) is 0.435. The molecule has 3 aromatic rings. The monoisotopic (exact) mass is 458 g/mol. The Morgan fingerprint density at radius 3 is 2.39 bits per heavy atom. The number of amides is 2. The minimum absolute atomic E-state index is 0.0570. The molecule has 0 aromatic heterocycles. The summed E-state index contributed by atoms with van der Waals surface area (Å²) in [5.41, 5.74) is 1.54. The zero-order valence-corrected chi connectivity index (χ0v) is 18.4. The highest BCUT2D eigenvalue weighted by atomic mass is 35.5. The van der Waals surface area contributed by atoms with Crippen LogP contribution >= 0.6 is 23.4 Å². The Bertz CT molecular complexity index is 1090. The van der Waals surface area contributed by atoms with Crippen molar-refractivity contribution in [1.29, 1.82) is 0 Å². The zero-order chi connectivity index (χ0) is 22.4. The van der Waals surface area contributed by atoms with Crippen LogP contribution in [0.5, 0.6) is 5.75 Å². The molecule has 160 valence electrons. The maximum Gasteiger partial charge on any atom is 0.255 e. The van der Waals surface area contributed by atoms with Crippen LogP contribution in [-0.4, -0.2) is 24.2 Å². The molecule has 0 fully saturated rings. The Morgan fingerprint density at radius 1 is 1.00 bits per heavy atom. The molecule has 0 spiro atoms. The third-order valence-electron chi connectivity index (χ3n) is 4.31. The number of hydrogen-bond donors (Lipinski definition) is 2. The fourth-order valence-electron chi connectivity index (χ4n) is 2.67. The molecule has 8 heteroatoms. The summed E-state index contributed by atoms with van der Waals surface area (Å²) in [6.45, 7) is 1.76. The highest BCUT2D eigenvalue weighted by Gasteiger charge is 2.16. The number of anilines is 2. The molecule has 0 aliphatic rings. The summed E-state index contributed by atoms with van der Waals surface area (Å²) in [5.74, 6) is -0.371. The zero-order valence-electron chi connectivity index (χ0n) is 16.8. The van der Waals surface area contributed by atoms with E-state index in [1.54, 1.807) is 56.5 Å². The van der Waals surface area contributed by atoms with E-state index in [2.05, 4.69) is 10.6 Å². The number of halogens is 2. The number of carbonyl (C=O) groups is 2. The summed E-state index contributed by atoms with van der Waals surface area (Å²) < 4.78 is 18.4. The summed E-state index contributed by atoms with van der Waals surface area (Å²) in [7, 11) is 1.56. The first-order chi connectivity index (χ1) is 14.9. The SMILES string of the molecule is COc1ccc(C(=O)Nc2cccc(SC(C)C(=O)Nc3ccc(F)c(Cl)c3)c2)cc1. The average Bonchev–Trinajstić information content (AvgIpc) is 2.76. The Kier molecular flexibility index (Phi) is 7.55. The van der Waals surface area contributed by atoms with Gasteiger partial charge in [0.05, 0.1) is 17.4 Å². The second-order valence-corrected chi connectivity index (χ2v) is 8.41. The first-order valence-corrected chi connectivity index (χ1v) is 10.6. The number of methoxy groups -OCH3 is 1. The van der Waals surface area contributed by atoms with Gasteiger partial charge in [0, 0.05) is 21.8 Å². The van der Waals surface area contributed by atoms with Crippen LogP contribution < -0.4 is 15.4 Å². The first-order valence-electron chi connectivity index (χ1n) is 9.34. The van der Waals surface area contributed by atoms with Gasteiger partial charge in [-0.3, -0.25) is 9.59 Å². The molecule has 0 heterocycles. The van der Waals surface area contributed by atoms with Gasteiger partial charge in [0.1, 0.15) is 11.6 Å². The Balaban J connectivity index is 1.61. The number of carbonyl (C=O) groups excluding carboxylic acids is 2. The highest BCUT2D eigenvalue weighted by Crippen LogP contribution is 2.27. The third kappa shape index (κ3) is 6.23. The molecule has 3 aromatic carbocycles. The van der Waals surface area contributed by atoms with Gasteiger partial charge in [0.15, 0.2) is 0 Å². The lowest BCUT2D eigenvalue weighted by Gasteiger charge is -2.13. The van der Waals surface area contributed by atoms with E-state index in [4.69, 9.17) is 16.3 Å². The summed E-state index contributed by atoms with van der Waals surface area (Å²) in [4.78, 5) is 25.7. The predicted octanol–water partition coefficient (Wildman–Crippen LogP) is 5.86. The maximum absolute atomic E-state index is 13.3. The normalized spacial score (nSPS) is 11.5. The molecule has 0 radical (unpaired) electrons. The average molecular weight is 459 g/mol. The van der Waals surface area contributed by atoms with Gasteiger partial charge in [-0.25, -0.2) is 4.39 Å². The fourth-order valence-corrected chi connectivity index (χ4v) is 3.78. The Hall–Kier alpha value is -3.03. The van der Waals surface area contributed by atoms with E-state index in [1.807, 2.05) is 6.07 Å². The lowest BCUT2D eigenvalue weighted by Crippen LogP contribution is -2.22. The molecule has 2 N–H and O–H groups in total. The van der Waals surface area contributed by atoms with Crippen LogP contribution in [0.1, 0.15) is 17.3 Å². The van der Waals surface area contributed by atoms with Gasteiger partial charge in [-0.05, 0) is 67.6 Å². The highest BCUT2D eigenvalue weighted by molar-refractivity contribution is 8.00. The smallest absolute Gasteiger partial charge is 0.255 e. The van der Waals surface area contributed by atoms with Gasteiger partial charge >= 0.3 is 0 Å². The van der Waals surface area contributed by atoms with Crippen molar-refractivity contribution in [1.82, 2.24) is 0 Å². The van der Waals surface area contributed by atoms with Crippen LogP contribution in [-0.2, 0) is 4.79 Å². The lowest BCUT2D eigenvalue weighted by atomic mass is 10.2. The summed E-state index contributed by atoms with van der Waals surface area (Å²) in [6.07, 6.45) is 0. The van der Waals surface area contributed by atoms with Crippen molar-refractivity contribution >= 4 is 46.6 Å². The number of benzene rings is 3. The van der Waals surface area contributed by atoms with Gasteiger partial charge in [0.25, 0.3) is 5.91 Å². The second kappa shape index (κ2) is 10.3. The second-order valence-electron chi connectivity index (χ2n) is 6.59. The molecule has 1 unspecified atom stereocenters. The van der Waals surface area contributed by atoms with Crippen molar-refractivity contribution < 1.29 is 18.7 Å². The summed E-state index contributed by atoms with van der Waals surface area (Å²) in [5, 5.41) is 5.07. The van der Waals surface area contributed by atoms with Crippen molar-refractivity contribution in [2.75, 3.05) is 17.7 Å². The predicted molar refractivity (Wildman–Crippen MR) is 123 cm³/mol. The molecule has 2 amide bonds. The van der Waals surface area contributed by atoms with E-state index in [-0.39, 0.29) is 16.8 Å². The van der Waals surface area contributed by atoms with Crippen LogP contribution in [0.25, 0.3) is 0 Å². The topological polar surface area (TPSA) is 67.4 Å². The van der Waals surface area contributed by atoms with Gasteiger partial charge in [-0.2, -0.15) is 0 Å². The number of ether oxygens (including phenoxy) is 1. The van der Waals surface area contributed by atoms with Crippen molar-refractivity contribution in [3.05, 3.63) is 83.1 Å². The molecule has 31 heavy (non-hydrogen) atoms. The molecule has 5 nitrogen and oxygen atoms in total. The van der Waals surface area contributed by atoms with E-state index < -0.39 is 11.1 Å². The number of nitrogens with one attached hydrogen (secondary N) is 2. The van der Waals surface area contributed by atoms with Crippen molar-refractivity contribution in [2.45, 2.75) is 17.1 Å². The number of hydrogen-bond acceptors (Lipinski definition) is 4. The van der Waals surface area contributed by atoms with E-state index in [0.29, 0.717) is 22.7 Å². The van der Waals surface area contributed by atoms with Gasteiger partial charge in [0.2, 0.25) is 5.91 Å². The van der Waals surface area contributed by atoms with Crippen molar-refractivity contribution in [3.8, 4) is 5.75 Å². The molecule has 0 saturated carbocycles. The molecule has 0 aliphatic carbocycles. The molecule has 0 bridgehead atoms. The van der Waals surface area contributed by atoms with E-state index in [0.717, 1.165) is 4.90 Å². The summed E-state index contributed by atoms with van der Waals surface area (Å²) >= 11 is 7.09. The Morgan fingerprint density at radius 2 is 1.71 bits per heavy atom. The molecule has 0 aliphatic heterocycles. The molecule has 3 rings (SSSR count). The van der Waals surface area contributed by atoms with Crippen LogP contribution in [0.4, 0.5) is 15.8 Å². The fraction of sp³-hybridized carbons (Fsp3) is 0.130. The van der Waals surface area contributed by atoms with Crippen LogP contribution in [0, 0.1) is 5.82 Å². The van der Waals surface area contributed by atoms with Crippen LogP contribution in [0.15, 0.2) is 71.6 Å². The van der Waals surface area contributed by atoms with Crippen LogP contribution in [0.2, 0.25) is 5.02 Å². The Labute approximate surface area is 188 Å². The summed E-state index contributed by atoms with van der Waals surface area (Å²) in [6, 6.07) is 18.0. The molecular formula is C23H20ClFN2O3S. The van der Waals surface area contributed by atoms with E-state index in [1.165, 1.54) is 30.0 Å². The molecular weight excluding hydrogens is 439 g/mol. The first kappa shape index (κ1) is 22.7. The molecule has 1 atom stereocenters. The van der Waals surface area contributed by atoms with Gasteiger partial charge < -0.3 is 15.4 Å². The number of rotatable bonds is 7. The largest absolute Gasteiger partial charge is 0.497 e. The van der Waals surface area contributed by atoms with Crippen molar-refractivity contribution in [3.63, 3.8) is 0 Å². The third-order valence-corrected chi connectivity index (χ3v) is 5.70.